The van der Waals surface area contributed by atoms with Gasteiger partial charge < -0.3 is 10.0 Å². The zero-order valence-electron chi connectivity index (χ0n) is 12.6. The van der Waals surface area contributed by atoms with Crippen LogP contribution in [0.15, 0.2) is 18.2 Å². The number of aliphatic hydroxyl groups is 1. The van der Waals surface area contributed by atoms with Crippen molar-refractivity contribution in [3.8, 4) is 0 Å². The summed E-state index contributed by atoms with van der Waals surface area (Å²) in [4.78, 5) is 2.23. The number of rotatable bonds is 5. The number of aryl methyl sites for hydroxylation is 2. The second-order valence-corrected chi connectivity index (χ2v) is 5.78. The molecule has 0 aliphatic carbocycles. The first-order chi connectivity index (χ1) is 8.32. The summed E-state index contributed by atoms with van der Waals surface area (Å²) in [6.07, 6.45) is -0.407. The standard InChI is InChI=1S/C16H27NO/c1-11(2)14(5)17(6)10-16(18)15-8-7-12(3)13(4)9-15/h7-9,11,14,16,18H,10H2,1-6H3. The van der Waals surface area contributed by atoms with E-state index in [1.807, 2.05) is 6.07 Å². The Bertz CT molecular complexity index is 387. The summed E-state index contributed by atoms with van der Waals surface area (Å²) in [5.74, 6) is 0.599. The maximum absolute atomic E-state index is 10.3. The number of hydrogen-bond acceptors (Lipinski definition) is 2. The molecule has 0 radical (unpaired) electrons. The highest BCUT2D eigenvalue weighted by Crippen LogP contribution is 2.19. The van der Waals surface area contributed by atoms with Crippen molar-refractivity contribution in [3.63, 3.8) is 0 Å². The highest BCUT2D eigenvalue weighted by atomic mass is 16.3. The van der Waals surface area contributed by atoms with Crippen LogP contribution in [0.25, 0.3) is 0 Å². The van der Waals surface area contributed by atoms with Gasteiger partial charge >= 0.3 is 0 Å². The zero-order valence-corrected chi connectivity index (χ0v) is 12.6. The Morgan fingerprint density at radius 1 is 1.11 bits per heavy atom. The Morgan fingerprint density at radius 2 is 1.72 bits per heavy atom. The lowest BCUT2D eigenvalue weighted by Gasteiger charge is -2.29. The van der Waals surface area contributed by atoms with Crippen molar-refractivity contribution in [1.82, 2.24) is 4.90 Å². The van der Waals surface area contributed by atoms with Gasteiger partial charge in [0.2, 0.25) is 0 Å². The molecule has 0 amide bonds. The van der Waals surface area contributed by atoms with Gasteiger partial charge in [-0.1, -0.05) is 32.0 Å². The highest BCUT2D eigenvalue weighted by molar-refractivity contribution is 5.31. The third-order valence-electron chi connectivity index (χ3n) is 4.04. The van der Waals surface area contributed by atoms with Gasteiger partial charge in [0.15, 0.2) is 0 Å². The Hall–Kier alpha value is -0.860. The molecule has 1 N–H and O–H groups in total. The molecular formula is C16H27NO. The number of nitrogens with zero attached hydrogens (tertiary/aromatic N) is 1. The summed E-state index contributed by atoms with van der Waals surface area (Å²) in [7, 11) is 2.08. The van der Waals surface area contributed by atoms with E-state index in [9.17, 15) is 5.11 Å². The molecular weight excluding hydrogens is 222 g/mol. The van der Waals surface area contributed by atoms with Gasteiger partial charge in [-0.2, -0.15) is 0 Å². The van der Waals surface area contributed by atoms with Crippen LogP contribution in [0.5, 0.6) is 0 Å². The fraction of sp³-hybridized carbons (Fsp3) is 0.625. The average Bonchev–Trinajstić information content (AvgIpc) is 2.31. The first-order valence-corrected chi connectivity index (χ1v) is 6.78. The molecule has 0 spiro atoms. The van der Waals surface area contributed by atoms with E-state index in [1.54, 1.807) is 0 Å². The van der Waals surface area contributed by atoms with E-state index >= 15 is 0 Å². The first kappa shape index (κ1) is 15.2. The van der Waals surface area contributed by atoms with Gasteiger partial charge in [-0.25, -0.2) is 0 Å². The topological polar surface area (TPSA) is 23.5 Å². The summed E-state index contributed by atoms with van der Waals surface area (Å²) in [6.45, 7) is 11.5. The molecule has 1 aromatic carbocycles. The van der Waals surface area contributed by atoms with E-state index in [-0.39, 0.29) is 0 Å². The summed E-state index contributed by atoms with van der Waals surface area (Å²) >= 11 is 0. The molecule has 2 nitrogen and oxygen atoms in total. The molecule has 0 heterocycles. The molecule has 0 aromatic heterocycles. The third-order valence-corrected chi connectivity index (χ3v) is 4.04. The predicted molar refractivity (Wildman–Crippen MR) is 77.8 cm³/mol. The molecule has 1 aromatic rings. The maximum Gasteiger partial charge on any atom is 0.0917 e. The van der Waals surface area contributed by atoms with Crippen molar-refractivity contribution in [2.45, 2.75) is 46.8 Å². The summed E-state index contributed by atoms with van der Waals surface area (Å²) in [5, 5.41) is 10.3. The van der Waals surface area contributed by atoms with E-state index in [0.717, 1.165) is 5.56 Å². The Labute approximate surface area is 112 Å². The first-order valence-electron chi connectivity index (χ1n) is 6.78. The normalized spacial score (nSPS) is 15.2. The number of benzene rings is 1. The predicted octanol–water partition coefficient (Wildman–Crippen LogP) is 3.31. The van der Waals surface area contributed by atoms with Crippen LogP contribution in [-0.2, 0) is 0 Å². The van der Waals surface area contributed by atoms with Crippen LogP contribution in [0.1, 0.15) is 43.6 Å². The fourth-order valence-corrected chi connectivity index (χ4v) is 2.03. The molecule has 2 unspecified atom stereocenters. The van der Waals surface area contributed by atoms with Gasteiger partial charge in [-0.15, -0.1) is 0 Å². The molecule has 1 rings (SSSR count). The van der Waals surface area contributed by atoms with Crippen LogP contribution in [0.2, 0.25) is 0 Å². The van der Waals surface area contributed by atoms with Crippen LogP contribution in [0.4, 0.5) is 0 Å². The monoisotopic (exact) mass is 249 g/mol. The van der Waals surface area contributed by atoms with Crippen molar-refractivity contribution in [1.29, 1.82) is 0 Å². The third kappa shape index (κ3) is 3.82. The van der Waals surface area contributed by atoms with E-state index in [4.69, 9.17) is 0 Å². The zero-order chi connectivity index (χ0) is 13.9. The molecule has 18 heavy (non-hydrogen) atoms. The maximum atomic E-state index is 10.3. The van der Waals surface area contributed by atoms with E-state index in [0.29, 0.717) is 18.5 Å². The smallest absolute Gasteiger partial charge is 0.0917 e. The van der Waals surface area contributed by atoms with E-state index in [2.05, 4.69) is 58.7 Å². The molecule has 0 aliphatic heterocycles. The van der Waals surface area contributed by atoms with Crippen molar-refractivity contribution in [2.24, 2.45) is 5.92 Å². The SMILES string of the molecule is Cc1ccc(C(O)CN(C)C(C)C(C)C)cc1C. The lowest BCUT2D eigenvalue weighted by molar-refractivity contribution is 0.0955. The molecule has 2 atom stereocenters. The number of hydrogen-bond donors (Lipinski definition) is 1. The lowest BCUT2D eigenvalue weighted by Crippen LogP contribution is -2.36. The van der Waals surface area contributed by atoms with Gasteiger partial charge in [0, 0.05) is 12.6 Å². The lowest BCUT2D eigenvalue weighted by atomic mass is 10.0. The van der Waals surface area contributed by atoms with Crippen LogP contribution in [0.3, 0.4) is 0 Å². The Balaban J connectivity index is 2.70. The van der Waals surface area contributed by atoms with Crippen molar-refractivity contribution < 1.29 is 5.11 Å². The summed E-state index contributed by atoms with van der Waals surface area (Å²) < 4.78 is 0. The van der Waals surface area contributed by atoms with Crippen LogP contribution in [-0.4, -0.2) is 29.6 Å². The molecule has 0 saturated heterocycles. The van der Waals surface area contributed by atoms with Gasteiger partial charge in [-0.05, 0) is 50.4 Å². The fourth-order valence-electron chi connectivity index (χ4n) is 2.03. The van der Waals surface area contributed by atoms with Gasteiger partial charge in [0.05, 0.1) is 6.10 Å². The minimum absolute atomic E-state index is 0.407. The molecule has 0 fully saturated rings. The van der Waals surface area contributed by atoms with Gasteiger partial charge in [0.25, 0.3) is 0 Å². The molecule has 0 saturated carbocycles. The Morgan fingerprint density at radius 3 is 2.22 bits per heavy atom. The van der Waals surface area contributed by atoms with Crippen LogP contribution in [0, 0.1) is 19.8 Å². The number of aliphatic hydroxyl groups excluding tert-OH is 1. The van der Waals surface area contributed by atoms with Gasteiger partial charge in [0.1, 0.15) is 0 Å². The van der Waals surface area contributed by atoms with Crippen LogP contribution >= 0.6 is 0 Å². The largest absolute Gasteiger partial charge is 0.387 e. The van der Waals surface area contributed by atoms with E-state index < -0.39 is 6.10 Å². The van der Waals surface area contributed by atoms with Crippen LogP contribution < -0.4 is 0 Å². The molecule has 2 heteroatoms. The summed E-state index contributed by atoms with van der Waals surface area (Å²) in [6, 6.07) is 6.68. The average molecular weight is 249 g/mol. The van der Waals surface area contributed by atoms with Crippen molar-refractivity contribution >= 4 is 0 Å². The highest BCUT2D eigenvalue weighted by Gasteiger charge is 2.17. The minimum Gasteiger partial charge on any atom is -0.387 e. The number of likely N-dealkylation sites (N-methyl/N-ethyl adjacent to an activating group) is 1. The second-order valence-electron chi connectivity index (χ2n) is 5.78. The quantitative estimate of drug-likeness (QED) is 0.865. The molecule has 0 bridgehead atoms. The van der Waals surface area contributed by atoms with Gasteiger partial charge in [-0.3, -0.25) is 0 Å². The second kappa shape index (κ2) is 6.35. The van der Waals surface area contributed by atoms with Crippen molar-refractivity contribution in [2.75, 3.05) is 13.6 Å². The Kier molecular flexibility index (Phi) is 5.36. The molecule has 102 valence electrons. The minimum atomic E-state index is -0.407. The summed E-state index contributed by atoms with van der Waals surface area (Å²) in [5.41, 5.74) is 3.53. The molecule has 0 aliphatic rings. The van der Waals surface area contributed by atoms with E-state index in [1.165, 1.54) is 11.1 Å². The van der Waals surface area contributed by atoms with Crippen molar-refractivity contribution in [3.05, 3.63) is 34.9 Å².